The van der Waals surface area contributed by atoms with E-state index in [4.69, 9.17) is 13.9 Å². The Morgan fingerprint density at radius 1 is 0.646 bits per heavy atom. The normalized spacial score (nSPS) is 31.5. The number of rotatable bonds is 12. The first-order valence-electron chi connectivity index (χ1n) is 20.1. The number of hydrogen-bond donors (Lipinski definition) is 0. The van der Waals surface area contributed by atoms with Gasteiger partial charge >= 0.3 is 0 Å². The number of fused-ring (bicyclic) bond motifs is 1. The fourth-order valence-electron chi connectivity index (χ4n) is 10.0. The van der Waals surface area contributed by atoms with E-state index in [0.29, 0.717) is 5.92 Å². The zero-order chi connectivity index (χ0) is 32.7. The third kappa shape index (κ3) is 8.76. The van der Waals surface area contributed by atoms with Crippen molar-refractivity contribution in [1.29, 1.82) is 0 Å². The number of aromatic nitrogens is 1. The molecule has 7 rings (SSSR count). The minimum absolute atomic E-state index is 0.673. The third-order valence-corrected chi connectivity index (χ3v) is 15.4. The molecule has 0 amide bonds. The molecule has 4 aliphatic carbocycles. The van der Waals surface area contributed by atoms with Gasteiger partial charge in [0.25, 0.3) is 0 Å². The molecule has 0 atom stereocenters. The SMILES string of the molecule is CCC1CCC(C2CCC(COc3ccc(OSCC4CCC(C5CCC(CC)CC5)CC4)c(-c4nc5ccccc5s4)c3)CC2)CC1. The third-order valence-electron chi connectivity index (χ3n) is 13.5. The van der Waals surface area contributed by atoms with Crippen LogP contribution >= 0.6 is 23.4 Å². The fraction of sp³-hybridized carbons (Fsp3) is 0.698. The number of ether oxygens (including phenoxy) is 1. The Hall–Kier alpha value is -1.72. The van der Waals surface area contributed by atoms with Crippen molar-refractivity contribution in [3.8, 4) is 22.1 Å². The lowest BCUT2D eigenvalue weighted by Crippen LogP contribution is -2.27. The predicted molar refractivity (Wildman–Crippen MR) is 206 cm³/mol. The molecule has 1 heterocycles. The van der Waals surface area contributed by atoms with Gasteiger partial charge in [-0.1, -0.05) is 64.5 Å². The van der Waals surface area contributed by atoms with Gasteiger partial charge in [-0.15, -0.1) is 11.3 Å². The van der Waals surface area contributed by atoms with E-state index >= 15 is 0 Å². The topological polar surface area (TPSA) is 31.4 Å². The molecule has 2 aromatic carbocycles. The van der Waals surface area contributed by atoms with Gasteiger partial charge in [0.05, 0.1) is 34.4 Å². The average Bonchev–Trinajstić information content (AvgIpc) is 3.59. The number of nitrogens with zero attached hydrogens (tertiary/aromatic N) is 1. The van der Waals surface area contributed by atoms with E-state index in [-0.39, 0.29) is 0 Å². The second-order valence-electron chi connectivity index (χ2n) is 16.3. The zero-order valence-corrected chi connectivity index (χ0v) is 31.5. The number of para-hydroxylation sites is 1. The van der Waals surface area contributed by atoms with E-state index in [0.717, 1.165) is 81.4 Å². The van der Waals surface area contributed by atoms with Crippen LogP contribution in [0.25, 0.3) is 20.8 Å². The molecular formula is C43H61NO2S2. The van der Waals surface area contributed by atoms with Crippen molar-refractivity contribution in [3.05, 3.63) is 42.5 Å². The average molecular weight is 688 g/mol. The predicted octanol–water partition coefficient (Wildman–Crippen LogP) is 13.4. The van der Waals surface area contributed by atoms with Crippen LogP contribution in [-0.2, 0) is 0 Å². The molecule has 48 heavy (non-hydrogen) atoms. The highest BCUT2D eigenvalue weighted by molar-refractivity contribution is 7.95. The Labute approximate surface area is 300 Å². The van der Waals surface area contributed by atoms with E-state index in [1.807, 2.05) is 0 Å². The molecule has 262 valence electrons. The highest BCUT2D eigenvalue weighted by atomic mass is 32.2. The van der Waals surface area contributed by atoms with Crippen LogP contribution in [0.3, 0.4) is 0 Å². The zero-order valence-electron chi connectivity index (χ0n) is 29.9. The summed E-state index contributed by atoms with van der Waals surface area (Å²) in [7, 11) is 0. The van der Waals surface area contributed by atoms with Gasteiger partial charge in [0, 0.05) is 5.75 Å². The minimum Gasteiger partial charge on any atom is -0.493 e. The van der Waals surface area contributed by atoms with Gasteiger partial charge in [-0.3, -0.25) is 0 Å². The van der Waals surface area contributed by atoms with Crippen LogP contribution in [0.15, 0.2) is 42.5 Å². The molecular weight excluding hydrogens is 627 g/mol. The van der Waals surface area contributed by atoms with Crippen molar-refractivity contribution in [2.75, 3.05) is 12.4 Å². The second kappa shape index (κ2) is 17.0. The van der Waals surface area contributed by atoms with E-state index in [2.05, 4.69) is 56.3 Å². The summed E-state index contributed by atoms with van der Waals surface area (Å²) in [5, 5.41) is 1.02. The molecule has 3 nitrogen and oxygen atoms in total. The molecule has 4 fully saturated rings. The summed E-state index contributed by atoms with van der Waals surface area (Å²) in [4.78, 5) is 5.03. The van der Waals surface area contributed by atoms with Crippen LogP contribution < -0.4 is 8.92 Å². The van der Waals surface area contributed by atoms with Crippen molar-refractivity contribution in [2.24, 2.45) is 47.3 Å². The van der Waals surface area contributed by atoms with Crippen molar-refractivity contribution >= 4 is 33.6 Å². The summed E-state index contributed by atoms with van der Waals surface area (Å²) in [5.41, 5.74) is 2.13. The summed E-state index contributed by atoms with van der Waals surface area (Å²) in [5.74, 6) is 10.3. The first kappa shape index (κ1) is 34.7. The van der Waals surface area contributed by atoms with Crippen molar-refractivity contribution < 1.29 is 8.92 Å². The van der Waals surface area contributed by atoms with Gasteiger partial charge in [-0.05, 0) is 155 Å². The molecule has 5 heteroatoms. The number of benzene rings is 2. The van der Waals surface area contributed by atoms with E-state index in [1.165, 1.54) is 120 Å². The second-order valence-corrected chi connectivity index (χ2v) is 18.0. The first-order valence-corrected chi connectivity index (χ1v) is 21.8. The molecule has 0 spiro atoms. The minimum atomic E-state index is 0.673. The highest BCUT2D eigenvalue weighted by Gasteiger charge is 2.32. The van der Waals surface area contributed by atoms with Crippen LogP contribution in [-0.4, -0.2) is 17.3 Å². The maximum atomic E-state index is 6.53. The van der Waals surface area contributed by atoms with Crippen LogP contribution in [0.1, 0.15) is 129 Å². The monoisotopic (exact) mass is 687 g/mol. The Bertz CT molecular complexity index is 1370. The molecule has 0 N–H and O–H groups in total. The van der Waals surface area contributed by atoms with Gasteiger partial charge in [-0.2, -0.15) is 0 Å². The summed E-state index contributed by atoms with van der Waals surface area (Å²) >= 11 is 3.41. The highest BCUT2D eigenvalue weighted by Crippen LogP contribution is 2.45. The van der Waals surface area contributed by atoms with Crippen molar-refractivity contribution in [2.45, 2.75) is 129 Å². The van der Waals surface area contributed by atoms with Crippen LogP contribution in [0.4, 0.5) is 0 Å². The lowest BCUT2D eigenvalue weighted by molar-refractivity contribution is 0.123. The Kier molecular flexibility index (Phi) is 12.3. The Morgan fingerprint density at radius 2 is 1.19 bits per heavy atom. The quantitative estimate of drug-likeness (QED) is 0.177. The molecule has 4 saturated carbocycles. The molecule has 3 aromatic rings. The molecule has 0 bridgehead atoms. The molecule has 0 unspecified atom stereocenters. The van der Waals surface area contributed by atoms with Crippen molar-refractivity contribution in [3.63, 3.8) is 0 Å². The maximum absolute atomic E-state index is 6.53. The molecule has 0 radical (unpaired) electrons. The number of hydrogen-bond acceptors (Lipinski definition) is 5. The van der Waals surface area contributed by atoms with Crippen molar-refractivity contribution in [1.82, 2.24) is 4.98 Å². The summed E-state index contributed by atoms with van der Waals surface area (Å²) in [6, 6.07) is 14.9. The fourth-order valence-corrected chi connectivity index (χ4v) is 11.9. The van der Waals surface area contributed by atoms with Gasteiger partial charge in [-0.25, -0.2) is 4.98 Å². The van der Waals surface area contributed by atoms with Gasteiger partial charge in [0.2, 0.25) is 0 Å². The Balaban J connectivity index is 0.923. The lowest BCUT2D eigenvalue weighted by atomic mass is 9.69. The van der Waals surface area contributed by atoms with E-state index in [1.54, 1.807) is 23.4 Å². The maximum Gasteiger partial charge on any atom is 0.147 e. The molecule has 0 aliphatic heterocycles. The molecule has 4 aliphatic rings. The smallest absolute Gasteiger partial charge is 0.147 e. The Morgan fingerprint density at radius 3 is 1.75 bits per heavy atom. The number of thiazole rings is 1. The van der Waals surface area contributed by atoms with Crippen LogP contribution in [0, 0.1) is 47.3 Å². The van der Waals surface area contributed by atoms with E-state index < -0.39 is 0 Å². The summed E-state index contributed by atoms with van der Waals surface area (Å²) in [6.07, 6.45) is 25.6. The van der Waals surface area contributed by atoms with E-state index in [9.17, 15) is 0 Å². The van der Waals surface area contributed by atoms with Gasteiger partial charge < -0.3 is 8.92 Å². The molecule has 1 aromatic heterocycles. The lowest BCUT2D eigenvalue weighted by Gasteiger charge is -2.37. The molecule has 0 saturated heterocycles. The van der Waals surface area contributed by atoms with Gasteiger partial charge in [0.15, 0.2) is 0 Å². The standard InChI is InChI=1S/C43H61NO2S2/c1-3-30-9-17-34(18-10-30)36-21-13-32(14-22-36)28-45-38-25-26-41(39(27-38)43-44-40-7-5-6-8-42(40)48-43)46-47-29-33-15-23-37(24-16-33)35-19-11-31(4-2)12-20-35/h5-8,25-27,30-37H,3-4,9-24,28-29H2,1-2H3. The summed E-state index contributed by atoms with van der Waals surface area (Å²) < 4.78 is 14.3. The largest absolute Gasteiger partial charge is 0.493 e. The summed E-state index contributed by atoms with van der Waals surface area (Å²) in [6.45, 7) is 5.58. The van der Waals surface area contributed by atoms with Crippen LogP contribution in [0.2, 0.25) is 0 Å². The first-order chi connectivity index (χ1) is 23.6. The van der Waals surface area contributed by atoms with Crippen LogP contribution in [0.5, 0.6) is 11.5 Å². The van der Waals surface area contributed by atoms with Gasteiger partial charge in [0.1, 0.15) is 16.5 Å².